The molecule has 1 saturated heterocycles. The second kappa shape index (κ2) is 5.54. The maximum Gasteiger partial charge on any atom is 0.335 e. The van der Waals surface area contributed by atoms with E-state index in [-0.39, 0.29) is 18.0 Å². The number of esters is 1. The third-order valence-corrected chi connectivity index (χ3v) is 2.94. The van der Waals surface area contributed by atoms with E-state index in [1.807, 2.05) is 49.4 Å². The third-order valence-electron chi connectivity index (χ3n) is 2.94. The molecule has 94 valence electrons. The van der Waals surface area contributed by atoms with E-state index in [0.717, 1.165) is 5.56 Å². The highest BCUT2D eigenvalue weighted by molar-refractivity contribution is 5.96. The monoisotopic (exact) mass is 244 g/mol. The number of ether oxygens (including phenoxy) is 2. The van der Waals surface area contributed by atoms with Crippen LogP contribution < -0.4 is 0 Å². The van der Waals surface area contributed by atoms with E-state index in [2.05, 4.69) is 0 Å². The second-order valence-electron chi connectivity index (χ2n) is 4.21. The highest BCUT2D eigenvalue weighted by Gasteiger charge is 2.35. The summed E-state index contributed by atoms with van der Waals surface area (Å²) in [7, 11) is 1.58. The molecule has 1 fully saturated rings. The van der Waals surface area contributed by atoms with Gasteiger partial charge in [-0.1, -0.05) is 30.3 Å². The standard InChI is InChI=1S/C15H16O3/c1-11-13(8-9-17-2)14(15(16)18-11)10-12-6-4-3-5-7-12/h3-11,13H,1-2H3/b9-8+,14-10+/t11-,13-/m1/s1. The largest absolute Gasteiger partial charge is 0.505 e. The fourth-order valence-electron chi connectivity index (χ4n) is 2.01. The molecule has 3 heteroatoms. The lowest BCUT2D eigenvalue weighted by Gasteiger charge is -2.07. The molecule has 0 saturated carbocycles. The number of carbonyl (C=O) groups is 1. The van der Waals surface area contributed by atoms with Crippen LogP contribution in [0.3, 0.4) is 0 Å². The fraction of sp³-hybridized carbons (Fsp3) is 0.267. The number of benzene rings is 1. The quantitative estimate of drug-likeness (QED) is 0.466. The van der Waals surface area contributed by atoms with Crippen LogP contribution in [-0.2, 0) is 14.3 Å². The first kappa shape index (κ1) is 12.4. The molecule has 0 amide bonds. The number of cyclic esters (lactones) is 1. The number of hydrogen-bond acceptors (Lipinski definition) is 3. The summed E-state index contributed by atoms with van der Waals surface area (Å²) < 4.78 is 10.2. The van der Waals surface area contributed by atoms with Crippen molar-refractivity contribution in [2.45, 2.75) is 13.0 Å². The molecule has 0 N–H and O–H groups in total. The summed E-state index contributed by atoms with van der Waals surface area (Å²) in [6.45, 7) is 1.88. The molecule has 2 rings (SSSR count). The number of rotatable bonds is 3. The molecule has 0 radical (unpaired) electrons. The molecule has 1 heterocycles. The molecule has 0 aromatic heterocycles. The Bertz CT molecular complexity index is 474. The molecule has 3 nitrogen and oxygen atoms in total. The van der Waals surface area contributed by atoms with Gasteiger partial charge in [-0.2, -0.15) is 0 Å². The van der Waals surface area contributed by atoms with Crippen molar-refractivity contribution >= 4 is 12.0 Å². The predicted octanol–water partition coefficient (Wildman–Crippen LogP) is 2.79. The van der Waals surface area contributed by atoms with Crippen molar-refractivity contribution < 1.29 is 14.3 Å². The van der Waals surface area contributed by atoms with Gasteiger partial charge in [0.25, 0.3) is 0 Å². The van der Waals surface area contributed by atoms with E-state index in [4.69, 9.17) is 9.47 Å². The Kier molecular flexibility index (Phi) is 3.82. The molecule has 1 aliphatic rings. The summed E-state index contributed by atoms with van der Waals surface area (Å²) in [5.74, 6) is -0.310. The van der Waals surface area contributed by atoms with Gasteiger partial charge in [0.05, 0.1) is 13.4 Å². The zero-order valence-electron chi connectivity index (χ0n) is 10.5. The minimum Gasteiger partial charge on any atom is -0.505 e. The highest BCUT2D eigenvalue weighted by Crippen LogP contribution is 2.30. The van der Waals surface area contributed by atoms with Crippen LogP contribution in [0, 0.1) is 5.92 Å². The molecule has 1 aromatic rings. The van der Waals surface area contributed by atoms with Gasteiger partial charge in [0.1, 0.15) is 6.10 Å². The van der Waals surface area contributed by atoms with Crippen molar-refractivity contribution in [1.82, 2.24) is 0 Å². The average molecular weight is 244 g/mol. The molecule has 0 unspecified atom stereocenters. The van der Waals surface area contributed by atoms with Crippen molar-refractivity contribution in [3.8, 4) is 0 Å². The lowest BCUT2D eigenvalue weighted by atomic mass is 9.95. The minimum atomic E-state index is -0.253. The Morgan fingerprint density at radius 2 is 2.00 bits per heavy atom. The molecule has 0 spiro atoms. The van der Waals surface area contributed by atoms with Crippen molar-refractivity contribution in [1.29, 1.82) is 0 Å². The van der Waals surface area contributed by atoms with E-state index in [9.17, 15) is 4.79 Å². The topological polar surface area (TPSA) is 35.5 Å². The second-order valence-corrected chi connectivity index (χ2v) is 4.21. The maximum absolute atomic E-state index is 11.8. The first-order valence-electron chi connectivity index (χ1n) is 5.89. The Hall–Kier alpha value is -2.03. The van der Waals surface area contributed by atoms with E-state index < -0.39 is 0 Å². The van der Waals surface area contributed by atoms with Crippen LogP contribution in [0.5, 0.6) is 0 Å². The van der Waals surface area contributed by atoms with E-state index in [0.29, 0.717) is 5.57 Å². The van der Waals surface area contributed by atoms with E-state index >= 15 is 0 Å². The Balaban J connectivity index is 2.31. The molecule has 1 aliphatic heterocycles. The molecule has 1 aromatic carbocycles. The van der Waals surface area contributed by atoms with E-state index in [1.54, 1.807) is 13.4 Å². The van der Waals surface area contributed by atoms with Crippen LogP contribution in [0.2, 0.25) is 0 Å². The van der Waals surface area contributed by atoms with Gasteiger partial charge in [-0.3, -0.25) is 0 Å². The summed E-state index contributed by atoms with van der Waals surface area (Å²) in [4.78, 5) is 11.8. The number of hydrogen-bond donors (Lipinski definition) is 0. The smallest absolute Gasteiger partial charge is 0.335 e. The van der Waals surface area contributed by atoms with Crippen molar-refractivity contribution in [3.05, 3.63) is 53.8 Å². The zero-order chi connectivity index (χ0) is 13.0. The summed E-state index contributed by atoms with van der Waals surface area (Å²) in [6.07, 6.45) is 5.15. The molecular weight excluding hydrogens is 228 g/mol. The van der Waals surface area contributed by atoms with Crippen molar-refractivity contribution in [2.24, 2.45) is 5.92 Å². The van der Waals surface area contributed by atoms with Crippen LogP contribution >= 0.6 is 0 Å². The van der Waals surface area contributed by atoms with Gasteiger partial charge < -0.3 is 9.47 Å². The average Bonchev–Trinajstić information content (AvgIpc) is 2.63. The summed E-state index contributed by atoms with van der Waals surface area (Å²) >= 11 is 0. The minimum absolute atomic E-state index is 0.0577. The van der Waals surface area contributed by atoms with Crippen LogP contribution in [-0.4, -0.2) is 19.2 Å². The van der Waals surface area contributed by atoms with Gasteiger partial charge in [-0.05, 0) is 24.6 Å². The highest BCUT2D eigenvalue weighted by atomic mass is 16.5. The van der Waals surface area contributed by atoms with Gasteiger partial charge in [-0.15, -0.1) is 0 Å². The van der Waals surface area contributed by atoms with Gasteiger partial charge in [0, 0.05) is 11.5 Å². The van der Waals surface area contributed by atoms with Gasteiger partial charge in [-0.25, -0.2) is 4.79 Å². The van der Waals surface area contributed by atoms with Crippen LogP contribution in [0.25, 0.3) is 6.08 Å². The first-order valence-corrected chi connectivity index (χ1v) is 5.89. The molecule has 0 bridgehead atoms. The van der Waals surface area contributed by atoms with Gasteiger partial charge >= 0.3 is 5.97 Å². The normalized spacial score (nSPS) is 25.7. The third kappa shape index (κ3) is 2.62. The van der Waals surface area contributed by atoms with Crippen LogP contribution in [0.1, 0.15) is 12.5 Å². The zero-order valence-corrected chi connectivity index (χ0v) is 10.5. The van der Waals surface area contributed by atoms with Gasteiger partial charge in [0.2, 0.25) is 0 Å². The lowest BCUT2D eigenvalue weighted by molar-refractivity contribution is -0.138. The van der Waals surface area contributed by atoms with Crippen molar-refractivity contribution in [2.75, 3.05) is 7.11 Å². The Labute approximate surface area is 107 Å². The lowest BCUT2D eigenvalue weighted by Crippen LogP contribution is -2.09. The molecule has 18 heavy (non-hydrogen) atoms. The Morgan fingerprint density at radius 3 is 2.67 bits per heavy atom. The maximum atomic E-state index is 11.8. The predicted molar refractivity (Wildman–Crippen MR) is 69.6 cm³/mol. The van der Waals surface area contributed by atoms with Crippen molar-refractivity contribution in [3.63, 3.8) is 0 Å². The van der Waals surface area contributed by atoms with Gasteiger partial charge in [0.15, 0.2) is 0 Å². The first-order chi connectivity index (χ1) is 8.72. The van der Waals surface area contributed by atoms with Crippen LogP contribution in [0.4, 0.5) is 0 Å². The molecule has 2 atom stereocenters. The summed E-state index contributed by atoms with van der Waals surface area (Å²) in [5.41, 5.74) is 1.66. The molecule has 0 aliphatic carbocycles. The van der Waals surface area contributed by atoms with E-state index in [1.165, 1.54) is 0 Å². The van der Waals surface area contributed by atoms with Crippen LogP contribution in [0.15, 0.2) is 48.2 Å². The summed E-state index contributed by atoms with van der Waals surface area (Å²) in [5, 5.41) is 0. The number of methoxy groups -OCH3 is 1. The molecular formula is C15H16O3. The SMILES string of the molecule is CO/C=C/[C@H]1/C(=C\c2ccccc2)C(=O)O[C@@H]1C. The number of carbonyl (C=O) groups excluding carboxylic acids is 1. The Morgan fingerprint density at radius 1 is 1.28 bits per heavy atom. The fourth-order valence-corrected chi connectivity index (χ4v) is 2.01. The summed E-state index contributed by atoms with van der Waals surface area (Å²) in [6, 6.07) is 9.74.